The standard InChI is InChI=1S/C13H26N2O2/c1-12(2)15-8-6-4-5-7-14(9-10-15)11-13(16)17-3/h12H,4-11H2,1-3H3. The number of methoxy groups -OCH3 is 1. The van der Waals surface area contributed by atoms with Crippen LogP contribution in [0.25, 0.3) is 0 Å². The van der Waals surface area contributed by atoms with Gasteiger partial charge in [0.15, 0.2) is 0 Å². The summed E-state index contributed by atoms with van der Waals surface area (Å²) in [6.45, 7) is 9.13. The van der Waals surface area contributed by atoms with Gasteiger partial charge in [0.1, 0.15) is 0 Å². The molecule has 0 amide bonds. The van der Waals surface area contributed by atoms with E-state index >= 15 is 0 Å². The molecule has 1 aliphatic rings. The van der Waals surface area contributed by atoms with Gasteiger partial charge in [0.25, 0.3) is 0 Å². The van der Waals surface area contributed by atoms with Crippen molar-refractivity contribution in [2.45, 2.75) is 39.2 Å². The predicted octanol–water partition coefficient (Wildman–Crippen LogP) is 1.36. The van der Waals surface area contributed by atoms with Gasteiger partial charge in [0.2, 0.25) is 0 Å². The van der Waals surface area contributed by atoms with E-state index in [1.165, 1.54) is 32.9 Å². The van der Waals surface area contributed by atoms with E-state index < -0.39 is 0 Å². The number of hydrogen-bond donors (Lipinski definition) is 0. The fraction of sp³-hybridized carbons (Fsp3) is 0.923. The van der Waals surface area contributed by atoms with Gasteiger partial charge in [-0.2, -0.15) is 0 Å². The molecule has 4 heteroatoms. The summed E-state index contributed by atoms with van der Waals surface area (Å²) in [6.07, 6.45) is 3.70. The fourth-order valence-corrected chi connectivity index (χ4v) is 2.24. The SMILES string of the molecule is COC(=O)CN1CCCCCN(C(C)C)CC1. The molecule has 0 unspecified atom stereocenters. The second-order valence-corrected chi connectivity index (χ2v) is 5.04. The second kappa shape index (κ2) is 7.67. The highest BCUT2D eigenvalue weighted by atomic mass is 16.5. The maximum absolute atomic E-state index is 11.3. The molecule has 1 rings (SSSR count). The zero-order valence-electron chi connectivity index (χ0n) is 11.4. The molecule has 4 nitrogen and oxygen atoms in total. The van der Waals surface area contributed by atoms with E-state index in [2.05, 4.69) is 23.6 Å². The molecular formula is C13H26N2O2. The maximum atomic E-state index is 11.3. The van der Waals surface area contributed by atoms with Gasteiger partial charge in [-0.15, -0.1) is 0 Å². The van der Waals surface area contributed by atoms with E-state index in [0.29, 0.717) is 12.6 Å². The van der Waals surface area contributed by atoms with E-state index in [0.717, 1.165) is 19.6 Å². The Balaban J connectivity index is 2.46. The third-order valence-corrected chi connectivity index (χ3v) is 3.43. The van der Waals surface area contributed by atoms with E-state index in [-0.39, 0.29) is 5.97 Å². The highest BCUT2D eigenvalue weighted by molar-refractivity contribution is 5.71. The van der Waals surface area contributed by atoms with Crippen LogP contribution in [0.3, 0.4) is 0 Å². The summed E-state index contributed by atoms with van der Waals surface area (Å²) in [7, 11) is 1.46. The number of esters is 1. The Kier molecular flexibility index (Phi) is 6.52. The normalized spacial score (nSPS) is 20.7. The molecule has 1 fully saturated rings. The first kappa shape index (κ1) is 14.5. The first-order valence-corrected chi connectivity index (χ1v) is 6.66. The lowest BCUT2D eigenvalue weighted by Gasteiger charge is -2.28. The Bertz CT molecular complexity index is 231. The molecule has 0 aliphatic carbocycles. The quantitative estimate of drug-likeness (QED) is 0.700. The number of carbonyl (C=O) groups excluding carboxylic acids is 1. The lowest BCUT2D eigenvalue weighted by molar-refractivity contribution is -0.142. The Labute approximate surface area is 105 Å². The number of ether oxygens (including phenoxy) is 1. The van der Waals surface area contributed by atoms with Gasteiger partial charge in [0, 0.05) is 19.1 Å². The van der Waals surface area contributed by atoms with Crippen LogP contribution in [0, 0.1) is 0 Å². The van der Waals surface area contributed by atoms with Crippen LogP contribution in [-0.4, -0.2) is 61.6 Å². The Hall–Kier alpha value is -0.610. The van der Waals surface area contributed by atoms with Crippen LogP contribution in [0.5, 0.6) is 0 Å². The molecule has 1 heterocycles. The van der Waals surface area contributed by atoms with Crippen LogP contribution in [0.4, 0.5) is 0 Å². The van der Waals surface area contributed by atoms with Crippen molar-refractivity contribution < 1.29 is 9.53 Å². The molecule has 0 spiro atoms. The minimum Gasteiger partial charge on any atom is -0.468 e. The van der Waals surface area contributed by atoms with Crippen LogP contribution >= 0.6 is 0 Å². The van der Waals surface area contributed by atoms with Crippen molar-refractivity contribution in [3.8, 4) is 0 Å². The van der Waals surface area contributed by atoms with Crippen molar-refractivity contribution in [1.82, 2.24) is 9.80 Å². The summed E-state index contributed by atoms with van der Waals surface area (Å²) < 4.78 is 4.74. The minimum atomic E-state index is -0.125. The smallest absolute Gasteiger partial charge is 0.319 e. The van der Waals surface area contributed by atoms with Crippen LogP contribution in [0.2, 0.25) is 0 Å². The molecule has 17 heavy (non-hydrogen) atoms. The van der Waals surface area contributed by atoms with E-state index in [1.54, 1.807) is 0 Å². The van der Waals surface area contributed by atoms with Gasteiger partial charge in [0.05, 0.1) is 13.7 Å². The first-order valence-electron chi connectivity index (χ1n) is 6.66. The molecule has 0 bridgehead atoms. The minimum absolute atomic E-state index is 0.125. The van der Waals surface area contributed by atoms with Crippen molar-refractivity contribution in [2.75, 3.05) is 39.8 Å². The first-order chi connectivity index (χ1) is 8.13. The molecule has 0 saturated carbocycles. The monoisotopic (exact) mass is 242 g/mol. The molecule has 0 N–H and O–H groups in total. The summed E-state index contributed by atoms with van der Waals surface area (Å²) in [6, 6.07) is 0.591. The van der Waals surface area contributed by atoms with Gasteiger partial charge in [-0.05, 0) is 39.8 Å². The third-order valence-electron chi connectivity index (χ3n) is 3.43. The van der Waals surface area contributed by atoms with Gasteiger partial charge >= 0.3 is 5.97 Å². The predicted molar refractivity (Wildman–Crippen MR) is 69.0 cm³/mol. The van der Waals surface area contributed by atoms with Crippen LogP contribution in [0.1, 0.15) is 33.1 Å². The van der Waals surface area contributed by atoms with Crippen LogP contribution in [-0.2, 0) is 9.53 Å². The van der Waals surface area contributed by atoms with Gasteiger partial charge < -0.3 is 4.74 Å². The molecular weight excluding hydrogens is 216 g/mol. The topological polar surface area (TPSA) is 32.8 Å². The summed E-state index contributed by atoms with van der Waals surface area (Å²) in [5.74, 6) is -0.125. The molecule has 0 aromatic carbocycles. The molecule has 0 atom stereocenters. The molecule has 100 valence electrons. The van der Waals surface area contributed by atoms with Gasteiger partial charge in [-0.25, -0.2) is 0 Å². The van der Waals surface area contributed by atoms with Gasteiger partial charge in [-0.3, -0.25) is 14.6 Å². The fourth-order valence-electron chi connectivity index (χ4n) is 2.24. The zero-order chi connectivity index (χ0) is 12.7. The molecule has 0 radical (unpaired) electrons. The third kappa shape index (κ3) is 5.50. The van der Waals surface area contributed by atoms with E-state index in [1.807, 2.05) is 0 Å². The highest BCUT2D eigenvalue weighted by Crippen LogP contribution is 2.08. The average molecular weight is 242 g/mol. The summed E-state index contributed by atoms with van der Waals surface area (Å²) in [4.78, 5) is 16.0. The Morgan fingerprint density at radius 2 is 1.82 bits per heavy atom. The summed E-state index contributed by atoms with van der Waals surface area (Å²) in [5.41, 5.74) is 0. The van der Waals surface area contributed by atoms with Crippen molar-refractivity contribution in [3.63, 3.8) is 0 Å². The van der Waals surface area contributed by atoms with Crippen molar-refractivity contribution in [2.24, 2.45) is 0 Å². The number of hydrogen-bond acceptors (Lipinski definition) is 4. The second-order valence-electron chi connectivity index (χ2n) is 5.04. The van der Waals surface area contributed by atoms with Crippen molar-refractivity contribution in [1.29, 1.82) is 0 Å². The zero-order valence-corrected chi connectivity index (χ0v) is 11.4. The van der Waals surface area contributed by atoms with E-state index in [9.17, 15) is 4.79 Å². The largest absolute Gasteiger partial charge is 0.468 e. The van der Waals surface area contributed by atoms with Gasteiger partial charge in [-0.1, -0.05) is 6.42 Å². The molecule has 1 saturated heterocycles. The van der Waals surface area contributed by atoms with Crippen molar-refractivity contribution in [3.05, 3.63) is 0 Å². The molecule has 0 aromatic rings. The molecule has 1 aliphatic heterocycles. The molecule has 0 aromatic heterocycles. The van der Waals surface area contributed by atoms with Crippen LogP contribution < -0.4 is 0 Å². The van der Waals surface area contributed by atoms with Crippen LogP contribution in [0.15, 0.2) is 0 Å². The van der Waals surface area contributed by atoms with Crippen molar-refractivity contribution >= 4 is 5.97 Å². The van der Waals surface area contributed by atoms with E-state index in [4.69, 9.17) is 4.74 Å². The lowest BCUT2D eigenvalue weighted by Crippen LogP contribution is -2.40. The average Bonchev–Trinajstić information content (AvgIpc) is 2.41. The summed E-state index contributed by atoms with van der Waals surface area (Å²) in [5, 5.41) is 0. The Morgan fingerprint density at radius 3 is 2.47 bits per heavy atom. The number of carbonyl (C=O) groups is 1. The maximum Gasteiger partial charge on any atom is 0.319 e. The highest BCUT2D eigenvalue weighted by Gasteiger charge is 2.16. The number of nitrogens with zero attached hydrogens (tertiary/aromatic N) is 2. The summed E-state index contributed by atoms with van der Waals surface area (Å²) >= 11 is 0. The Morgan fingerprint density at radius 1 is 1.12 bits per heavy atom. The number of rotatable bonds is 3. The lowest BCUT2D eigenvalue weighted by atomic mass is 10.2.